The molecular weight excluding hydrogens is 148 g/mol. The molecule has 2 aliphatic rings. The number of allylic oxidation sites excluding steroid dienone is 6. The van der Waals surface area contributed by atoms with Crippen molar-refractivity contribution in [3.63, 3.8) is 0 Å². The smallest absolute Gasteiger partial charge is 0.160 e. The van der Waals surface area contributed by atoms with Gasteiger partial charge in [0.15, 0.2) is 5.78 Å². The van der Waals surface area contributed by atoms with E-state index in [0.29, 0.717) is 6.42 Å². The quantitative estimate of drug-likeness (QED) is 0.532. The summed E-state index contributed by atoms with van der Waals surface area (Å²) in [5, 5.41) is 0. The van der Waals surface area contributed by atoms with Crippen LogP contribution >= 0.6 is 0 Å². The van der Waals surface area contributed by atoms with Gasteiger partial charge in [0.05, 0.1) is 0 Å². The molecular formula is C11H12O. The van der Waals surface area contributed by atoms with Crippen LogP contribution in [0.25, 0.3) is 0 Å². The van der Waals surface area contributed by atoms with Crippen LogP contribution in [0.5, 0.6) is 0 Å². The van der Waals surface area contributed by atoms with Gasteiger partial charge in [0.2, 0.25) is 0 Å². The summed E-state index contributed by atoms with van der Waals surface area (Å²) in [4.78, 5) is 11.2. The van der Waals surface area contributed by atoms with Gasteiger partial charge in [-0.15, -0.1) is 0 Å². The second kappa shape index (κ2) is 3.10. The molecule has 0 saturated heterocycles. The Bertz CT molecular complexity index is 292. The standard InChI is InChI=1S/C11H12O/c12-11-7-3-6-9-4-1-2-5-10(9)8-11/h3,5-7H,1-2,4,8H2. The van der Waals surface area contributed by atoms with Crippen LogP contribution in [0.15, 0.2) is 35.5 Å². The lowest BCUT2D eigenvalue weighted by Gasteiger charge is -2.14. The van der Waals surface area contributed by atoms with Crippen molar-refractivity contribution in [3.05, 3.63) is 35.5 Å². The van der Waals surface area contributed by atoms with E-state index in [2.05, 4.69) is 12.2 Å². The summed E-state index contributed by atoms with van der Waals surface area (Å²) in [7, 11) is 0. The van der Waals surface area contributed by atoms with Crippen molar-refractivity contribution >= 4 is 5.78 Å². The second-order valence-corrected chi connectivity index (χ2v) is 3.32. The average molecular weight is 160 g/mol. The summed E-state index contributed by atoms with van der Waals surface area (Å²) in [6.45, 7) is 0. The molecule has 0 radical (unpaired) electrons. The predicted octanol–water partition coefficient (Wildman–Crippen LogP) is 2.55. The van der Waals surface area contributed by atoms with Gasteiger partial charge in [-0.05, 0) is 36.5 Å². The molecule has 0 unspecified atom stereocenters. The first-order valence-corrected chi connectivity index (χ1v) is 4.46. The van der Waals surface area contributed by atoms with Crippen LogP contribution in [-0.4, -0.2) is 5.78 Å². The van der Waals surface area contributed by atoms with Gasteiger partial charge >= 0.3 is 0 Å². The zero-order valence-electron chi connectivity index (χ0n) is 7.05. The van der Waals surface area contributed by atoms with Crippen molar-refractivity contribution in [1.29, 1.82) is 0 Å². The Kier molecular flexibility index (Phi) is 1.94. The fourth-order valence-electron chi connectivity index (χ4n) is 1.75. The van der Waals surface area contributed by atoms with E-state index in [1.165, 1.54) is 17.6 Å². The van der Waals surface area contributed by atoms with E-state index in [-0.39, 0.29) is 5.78 Å². The third-order valence-corrected chi connectivity index (χ3v) is 2.40. The second-order valence-electron chi connectivity index (χ2n) is 3.32. The van der Waals surface area contributed by atoms with Crippen molar-refractivity contribution in [1.82, 2.24) is 0 Å². The van der Waals surface area contributed by atoms with Gasteiger partial charge in [-0.3, -0.25) is 4.79 Å². The van der Waals surface area contributed by atoms with Crippen LogP contribution in [0.2, 0.25) is 0 Å². The molecule has 0 atom stereocenters. The van der Waals surface area contributed by atoms with E-state index >= 15 is 0 Å². The summed E-state index contributed by atoms with van der Waals surface area (Å²) in [5.41, 5.74) is 2.62. The molecule has 0 N–H and O–H groups in total. The highest BCUT2D eigenvalue weighted by Gasteiger charge is 2.13. The number of carbonyl (C=O) groups is 1. The Labute approximate surface area is 72.5 Å². The lowest BCUT2D eigenvalue weighted by atomic mass is 9.91. The van der Waals surface area contributed by atoms with E-state index < -0.39 is 0 Å². The van der Waals surface area contributed by atoms with Crippen LogP contribution in [0.1, 0.15) is 25.7 Å². The highest BCUT2D eigenvalue weighted by molar-refractivity contribution is 5.93. The molecule has 1 heteroatoms. The van der Waals surface area contributed by atoms with Gasteiger partial charge in [0, 0.05) is 6.42 Å². The first-order valence-electron chi connectivity index (χ1n) is 4.46. The molecule has 1 nitrogen and oxygen atoms in total. The van der Waals surface area contributed by atoms with Crippen LogP contribution in [-0.2, 0) is 4.79 Å². The topological polar surface area (TPSA) is 17.1 Å². The van der Waals surface area contributed by atoms with Crippen molar-refractivity contribution in [2.75, 3.05) is 0 Å². The number of carbonyl (C=O) groups excluding carboxylic acids is 1. The van der Waals surface area contributed by atoms with Gasteiger partial charge in [-0.25, -0.2) is 0 Å². The maximum atomic E-state index is 11.2. The highest BCUT2D eigenvalue weighted by Crippen LogP contribution is 2.27. The number of hydrogen-bond acceptors (Lipinski definition) is 1. The zero-order chi connectivity index (χ0) is 8.39. The van der Waals surface area contributed by atoms with Crippen LogP contribution in [0.4, 0.5) is 0 Å². The normalized spacial score (nSPS) is 22.5. The minimum absolute atomic E-state index is 0.231. The average Bonchev–Trinajstić information content (AvgIpc) is 2.25. The molecule has 0 heterocycles. The Hall–Kier alpha value is -1.11. The van der Waals surface area contributed by atoms with Gasteiger partial charge < -0.3 is 0 Å². The molecule has 0 aromatic rings. The molecule has 2 aliphatic carbocycles. The van der Waals surface area contributed by atoms with E-state index in [0.717, 1.165) is 12.8 Å². The van der Waals surface area contributed by atoms with Gasteiger partial charge in [0.25, 0.3) is 0 Å². The lowest BCUT2D eigenvalue weighted by molar-refractivity contribution is -0.113. The van der Waals surface area contributed by atoms with Crippen molar-refractivity contribution in [2.24, 2.45) is 0 Å². The molecule has 0 aromatic heterocycles. The van der Waals surface area contributed by atoms with Crippen LogP contribution in [0, 0.1) is 0 Å². The first-order chi connectivity index (χ1) is 5.86. The Morgan fingerprint density at radius 3 is 3.08 bits per heavy atom. The van der Waals surface area contributed by atoms with E-state index in [1.54, 1.807) is 6.08 Å². The number of fused-ring (bicyclic) bond motifs is 1. The molecule has 0 spiro atoms. The molecule has 0 amide bonds. The van der Waals surface area contributed by atoms with Crippen molar-refractivity contribution < 1.29 is 4.79 Å². The largest absolute Gasteiger partial charge is 0.294 e. The predicted molar refractivity (Wildman–Crippen MR) is 48.8 cm³/mol. The monoisotopic (exact) mass is 160 g/mol. The first kappa shape index (κ1) is 7.53. The van der Waals surface area contributed by atoms with Crippen LogP contribution < -0.4 is 0 Å². The molecule has 0 saturated carbocycles. The zero-order valence-corrected chi connectivity index (χ0v) is 7.05. The van der Waals surface area contributed by atoms with Gasteiger partial charge in [-0.1, -0.05) is 18.2 Å². The molecule has 0 fully saturated rings. The maximum absolute atomic E-state index is 11.2. The summed E-state index contributed by atoms with van der Waals surface area (Å²) < 4.78 is 0. The minimum Gasteiger partial charge on any atom is -0.294 e. The molecule has 0 aliphatic heterocycles. The molecule has 2 rings (SSSR count). The number of ketones is 1. The van der Waals surface area contributed by atoms with Crippen molar-refractivity contribution in [3.8, 4) is 0 Å². The fourth-order valence-corrected chi connectivity index (χ4v) is 1.75. The molecule has 0 bridgehead atoms. The van der Waals surface area contributed by atoms with Crippen LogP contribution in [0.3, 0.4) is 0 Å². The van der Waals surface area contributed by atoms with E-state index in [9.17, 15) is 4.79 Å². The van der Waals surface area contributed by atoms with E-state index in [1.807, 2.05) is 6.08 Å². The molecule has 0 aromatic carbocycles. The van der Waals surface area contributed by atoms with E-state index in [4.69, 9.17) is 0 Å². The third kappa shape index (κ3) is 1.40. The Balaban J connectivity index is 2.32. The minimum atomic E-state index is 0.231. The lowest BCUT2D eigenvalue weighted by Crippen LogP contribution is -2.00. The van der Waals surface area contributed by atoms with Gasteiger partial charge in [0.1, 0.15) is 0 Å². The van der Waals surface area contributed by atoms with Gasteiger partial charge in [-0.2, -0.15) is 0 Å². The summed E-state index contributed by atoms with van der Waals surface area (Å²) >= 11 is 0. The summed E-state index contributed by atoms with van der Waals surface area (Å²) in [5.74, 6) is 0.231. The SMILES string of the molecule is O=C1C=CC=C2CCCC=C2C1. The third-order valence-electron chi connectivity index (χ3n) is 2.40. The molecule has 12 heavy (non-hydrogen) atoms. The fraction of sp³-hybridized carbons (Fsp3) is 0.364. The number of hydrogen-bond donors (Lipinski definition) is 0. The summed E-state index contributed by atoms with van der Waals surface area (Å²) in [6.07, 6.45) is 12.0. The summed E-state index contributed by atoms with van der Waals surface area (Å²) in [6, 6.07) is 0. The Morgan fingerprint density at radius 1 is 1.25 bits per heavy atom. The number of rotatable bonds is 0. The molecule has 62 valence electrons. The van der Waals surface area contributed by atoms with Crippen molar-refractivity contribution in [2.45, 2.75) is 25.7 Å². The highest BCUT2D eigenvalue weighted by atomic mass is 16.1. The Morgan fingerprint density at radius 2 is 2.17 bits per heavy atom. The maximum Gasteiger partial charge on any atom is 0.160 e.